The summed E-state index contributed by atoms with van der Waals surface area (Å²) in [6, 6.07) is 2.52. The second-order valence-electron chi connectivity index (χ2n) is 2.95. The highest BCUT2D eigenvalue weighted by atomic mass is 16.5. The zero-order chi connectivity index (χ0) is 12.1. The summed E-state index contributed by atoms with van der Waals surface area (Å²) >= 11 is 0. The van der Waals surface area contributed by atoms with E-state index in [1.165, 1.54) is 32.5 Å². The average Bonchev–Trinajstić information content (AvgIpc) is 2.30. The Morgan fingerprint density at radius 3 is 2.50 bits per heavy atom. The lowest BCUT2D eigenvalue weighted by Crippen LogP contribution is -2.25. The van der Waals surface area contributed by atoms with Crippen LogP contribution < -0.4 is 5.56 Å². The van der Waals surface area contributed by atoms with Gasteiger partial charge in [0.1, 0.15) is 6.54 Å². The molecule has 0 aliphatic carbocycles. The van der Waals surface area contributed by atoms with Crippen LogP contribution in [0.5, 0.6) is 0 Å². The SMILES string of the molecule is COC(=O)Cn1cc(C(=O)OC)ccc1=O. The Bertz CT molecular complexity index is 463. The van der Waals surface area contributed by atoms with Crippen LogP contribution in [0.3, 0.4) is 0 Å². The van der Waals surface area contributed by atoms with Crippen LogP contribution in [0.1, 0.15) is 10.4 Å². The van der Waals surface area contributed by atoms with E-state index in [1.807, 2.05) is 0 Å². The molecule has 0 aliphatic heterocycles. The summed E-state index contributed by atoms with van der Waals surface area (Å²) in [4.78, 5) is 33.5. The zero-order valence-corrected chi connectivity index (χ0v) is 8.93. The molecule has 0 aromatic carbocycles. The number of aromatic nitrogens is 1. The van der Waals surface area contributed by atoms with Crippen molar-refractivity contribution in [2.75, 3.05) is 14.2 Å². The van der Waals surface area contributed by atoms with E-state index in [0.29, 0.717) is 0 Å². The Kier molecular flexibility index (Phi) is 3.82. The van der Waals surface area contributed by atoms with Gasteiger partial charge in [0.25, 0.3) is 5.56 Å². The Balaban J connectivity index is 3.04. The molecule has 6 heteroatoms. The molecule has 0 unspecified atom stereocenters. The number of esters is 2. The Labute approximate surface area is 91.4 Å². The van der Waals surface area contributed by atoms with Gasteiger partial charge in [0.15, 0.2) is 0 Å². The van der Waals surface area contributed by atoms with Gasteiger partial charge in [-0.2, -0.15) is 0 Å². The third-order valence-electron chi connectivity index (χ3n) is 1.93. The second kappa shape index (κ2) is 5.11. The predicted octanol–water partition coefficient (Wildman–Crippen LogP) is -0.192. The topological polar surface area (TPSA) is 74.6 Å². The summed E-state index contributed by atoms with van der Waals surface area (Å²) < 4.78 is 9.99. The first-order chi connectivity index (χ1) is 7.58. The van der Waals surface area contributed by atoms with Crippen LogP contribution in [-0.2, 0) is 20.8 Å². The molecule has 0 amide bonds. The Hall–Kier alpha value is -2.11. The van der Waals surface area contributed by atoms with Gasteiger partial charge < -0.3 is 14.0 Å². The van der Waals surface area contributed by atoms with Crippen molar-refractivity contribution in [2.24, 2.45) is 0 Å². The van der Waals surface area contributed by atoms with Crippen molar-refractivity contribution in [3.63, 3.8) is 0 Å². The van der Waals surface area contributed by atoms with E-state index in [0.717, 1.165) is 4.57 Å². The summed E-state index contributed by atoms with van der Waals surface area (Å²) in [5, 5.41) is 0. The van der Waals surface area contributed by atoms with Gasteiger partial charge in [0, 0.05) is 12.3 Å². The zero-order valence-electron chi connectivity index (χ0n) is 8.93. The van der Waals surface area contributed by atoms with Crippen LogP contribution in [-0.4, -0.2) is 30.7 Å². The van der Waals surface area contributed by atoms with E-state index in [-0.39, 0.29) is 12.1 Å². The summed E-state index contributed by atoms with van der Waals surface area (Å²) in [6.07, 6.45) is 1.26. The summed E-state index contributed by atoms with van der Waals surface area (Å²) in [7, 11) is 2.45. The highest BCUT2D eigenvalue weighted by Gasteiger charge is 2.09. The molecule has 0 aliphatic rings. The molecule has 1 heterocycles. The van der Waals surface area contributed by atoms with E-state index in [4.69, 9.17) is 0 Å². The largest absolute Gasteiger partial charge is 0.468 e. The number of rotatable bonds is 3. The first kappa shape index (κ1) is 12.0. The van der Waals surface area contributed by atoms with E-state index in [1.54, 1.807) is 0 Å². The lowest BCUT2D eigenvalue weighted by Gasteiger charge is -2.05. The van der Waals surface area contributed by atoms with Crippen LogP contribution in [0.2, 0.25) is 0 Å². The molecule has 6 nitrogen and oxygen atoms in total. The fourth-order valence-corrected chi connectivity index (χ4v) is 1.10. The molecule has 0 atom stereocenters. The molecule has 0 saturated heterocycles. The van der Waals surface area contributed by atoms with Crippen molar-refractivity contribution < 1.29 is 19.1 Å². The van der Waals surface area contributed by atoms with Crippen molar-refractivity contribution in [3.05, 3.63) is 34.2 Å². The molecular weight excluding hydrogens is 214 g/mol. The quantitative estimate of drug-likeness (QED) is 0.666. The average molecular weight is 225 g/mol. The van der Waals surface area contributed by atoms with Crippen molar-refractivity contribution in [3.8, 4) is 0 Å². The molecule has 0 saturated carbocycles. The molecule has 0 N–H and O–H groups in total. The van der Waals surface area contributed by atoms with E-state index >= 15 is 0 Å². The highest BCUT2D eigenvalue weighted by molar-refractivity contribution is 5.88. The summed E-state index contributed by atoms with van der Waals surface area (Å²) in [6.45, 7) is -0.236. The Morgan fingerprint density at radius 1 is 1.25 bits per heavy atom. The molecule has 86 valence electrons. The highest BCUT2D eigenvalue weighted by Crippen LogP contribution is 1.98. The molecule has 0 radical (unpaired) electrons. The fourth-order valence-electron chi connectivity index (χ4n) is 1.10. The maximum absolute atomic E-state index is 11.3. The van der Waals surface area contributed by atoms with Gasteiger partial charge in [0.05, 0.1) is 19.8 Å². The molecule has 0 spiro atoms. The van der Waals surface area contributed by atoms with Crippen molar-refractivity contribution in [1.29, 1.82) is 0 Å². The second-order valence-corrected chi connectivity index (χ2v) is 2.95. The Morgan fingerprint density at radius 2 is 1.94 bits per heavy atom. The minimum atomic E-state index is -0.571. The monoisotopic (exact) mass is 225 g/mol. The maximum Gasteiger partial charge on any atom is 0.339 e. The first-order valence-electron chi connectivity index (χ1n) is 4.44. The number of methoxy groups -OCH3 is 2. The fraction of sp³-hybridized carbons (Fsp3) is 0.300. The van der Waals surface area contributed by atoms with Crippen LogP contribution in [0, 0.1) is 0 Å². The standard InChI is InChI=1S/C10H11NO5/c1-15-9(13)6-11-5-7(10(14)16-2)3-4-8(11)12/h3-5H,6H2,1-2H3. The van der Waals surface area contributed by atoms with Crippen LogP contribution in [0.25, 0.3) is 0 Å². The normalized spacial score (nSPS) is 9.62. The third-order valence-corrected chi connectivity index (χ3v) is 1.93. The van der Waals surface area contributed by atoms with Gasteiger partial charge in [-0.3, -0.25) is 9.59 Å². The summed E-state index contributed by atoms with van der Waals surface area (Å²) in [5.74, 6) is -1.14. The smallest absolute Gasteiger partial charge is 0.339 e. The molecule has 1 rings (SSSR count). The number of hydrogen-bond donors (Lipinski definition) is 0. The van der Waals surface area contributed by atoms with Crippen molar-refractivity contribution in [1.82, 2.24) is 4.57 Å². The molecule has 1 aromatic rings. The number of nitrogens with zero attached hydrogens (tertiary/aromatic N) is 1. The predicted molar refractivity (Wildman–Crippen MR) is 54.1 cm³/mol. The van der Waals surface area contributed by atoms with E-state index < -0.39 is 17.5 Å². The van der Waals surface area contributed by atoms with E-state index in [2.05, 4.69) is 9.47 Å². The number of carbonyl (C=O) groups excluding carboxylic acids is 2. The van der Waals surface area contributed by atoms with Gasteiger partial charge >= 0.3 is 11.9 Å². The number of pyridine rings is 1. The number of ether oxygens (including phenoxy) is 2. The summed E-state index contributed by atoms with van der Waals surface area (Å²) in [5.41, 5.74) is -0.191. The van der Waals surface area contributed by atoms with E-state index in [9.17, 15) is 14.4 Å². The molecule has 0 bridgehead atoms. The van der Waals surface area contributed by atoms with Gasteiger partial charge in [-0.05, 0) is 6.07 Å². The van der Waals surface area contributed by atoms with Crippen LogP contribution >= 0.6 is 0 Å². The number of hydrogen-bond acceptors (Lipinski definition) is 5. The van der Waals surface area contributed by atoms with Gasteiger partial charge in [-0.25, -0.2) is 4.79 Å². The maximum atomic E-state index is 11.3. The molecule has 0 fully saturated rings. The minimum absolute atomic E-state index is 0.200. The number of carbonyl (C=O) groups is 2. The van der Waals surface area contributed by atoms with Crippen LogP contribution in [0.4, 0.5) is 0 Å². The van der Waals surface area contributed by atoms with Gasteiger partial charge in [-0.15, -0.1) is 0 Å². The van der Waals surface area contributed by atoms with Gasteiger partial charge in [-0.1, -0.05) is 0 Å². The molecule has 1 aromatic heterocycles. The lowest BCUT2D eigenvalue weighted by atomic mass is 10.3. The minimum Gasteiger partial charge on any atom is -0.468 e. The molecular formula is C10H11NO5. The van der Waals surface area contributed by atoms with Crippen molar-refractivity contribution >= 4 is 11.9 Å². The molecule has 16 heavy (non-hydrogen) atoms. The van der Waals surface area contributed by atoms with Crippen LogP contribution in [0.15, 0.2) is 23.1 Å². The third kappa shape index (κ3) is 2.69. The van der Waals surface area contributed by atoms with Crippen molar-refractivity contribution in [2.45, 2.75) is 6.54 Å². The first-order valence-corrected chi connectivity index (χ1v) is 4.44. The van der Waals surface area contributed by atoms with Gasteiger partial charge in [0.2, 0.25) is 0 Å². The lowest BCUT2D eigenvalue weighted by molar-refractivity contribution is -0.141.